The number of nitrogens with one attached hydrogen (secondary N) is 1. The van der Waals surface area contributed by atoms with Gasteiger partial charge in [-0.2, -0.15) is 0 Å². The molecule has 0 spiro atoms. The topological polar surface area (TPSA) is 131 Å². The number of hydrogen-bond donors (Lipinski definition) is 2. The van der Waals surface area contributed by atoms with Crippen LogP contribution >= 0.6 is 11.8 Å². The van der Waals surface area contributed by atoms with E-state index in [1.165, 1.54) is 29.9 Å². The Hall–Kier alpha value is -2.56. The first-order valence-electron chi connectivity index (χ1n) is 7.83. The summed E-state index contributed by atoms with van der Waals surface area (Å²) in [7, 11) is 1.30. The highest BCUT2D eigenvalue weighted by molar-refractivity contribution is 8.01. The minimum atomic E-state index is -1.08. The minimum Gasteiger partial charge on any atom is -0.480 e. The summed E-state index contributed by atoms with van der Waals surface area (Å²) in [4.78, 5) is 60.6. The molecule has 0 saturated carbocycles. The maximum Gasteiger partial charge on any atom is 0.331 e. The predicted octanol–water partition coefficient (Wildman–Crippen LogP) is -1.82. The smallest absolute Gasteiger partial charge is 0.331 e. The van der Waals surface area contributed by atoms with Crippen molar-refractivity contribution in [2.75, 3.05) is 0 Å². The van der Waals surface area contributed by atoms with Crippen molar-refractivity contribution in [1.82, 2.24) is 19.4 Å². The van der Waals surface area contributed by atoms with Gasteiger partial charge in [0.2, 0.25) is 11.8 Å². The molecule has 3 atom stereocenters. The molecule has 1 aromatic heterocycles. The molecule has 10 nitrogen and oxygen atoms in total. The Labute approximate surface area is 151 Å². The summed E-state index contributed by atoms with van der Waals surface area (Å²) in [5.74, 6) is -2.11. The van der Waals surface area contributed by atoms with Crippen molar-refractivity contribution in [1.29, 1.82) is 0 Å². The van der Waals surface area contributed by atoms with E-state index in [4.69, 9.17) is 0 Å². The Balaban J connectivity index is 1.72. The van der Waals surface area contributed by atoms with E-state index in [1.807, 2.05) is 0 Å². The van der Waals surface area contributed by atoms with Crippen molar-refractivity contribution >= 4 is 29.5 Å². The van der Waals surface area contributed by atoms with E-state index < -0.39 is 51.2 Å². The van der Waals surface area contributed by atoms with Crippen molar-refractivity contribution in [3.8, 4) is 0 Å². The standard InChI is InChI=1S/C15H18N4O6S/c1-15(2)10(13(23)24)19-11(22)9(12(19)26-15)16-7(20)6-18-5-4-8(21)17(3)14(18)25/h4-5,9-10,12H,6H2,1-3H3,(H,16,20)(H,23,24)/t9-,10+,12-/m1/s1. The molecule has 2 fully saturated rings. The van der Waals surface area contributed by atoms with Crippen LogP contribution in [-0.2, 0) is 28.0 Å². The summed E-state index contributed by atoms with van der Waals surface area (Å²) < 4.78 is 1.25. The second kappa shape index (κ2) is 6.01. The van der Waals surface area contributed by atoms with Gasteiger partial charge in [0.1, 0.15) is 24.0 Å². The molecule has 140 valence electrons. The zero-order chi connectivity index (χ0) is 19.4. The number of amides is 2. The molecular formula is C15H18N4O6S. The summed E-state index contributed by atoms with van der Waals surface area (Å²) in [5, 5.41) is 11.5. The van der Waals surface area contributed by atoms with Crippen LogP contribution in [0.15, 0.2) is 21.9 Å². The number of carbonyl (C=O) groups is 3. The van der Waals surface area contributed by atoms with Gasteiger partial charge in [0.15, 0.2) is 0 Å². The summed E-state index contributed by atoms with van der Waals surface area (Å²) in [6.45, 7) is 3.13. The lowest BCUT2D eigenvalue weighted by Gasteiger charge is -2.43. The molecule has 2 aliphatic heterocycles. The first-order chi connectivity index (χ1) is 12.0. The van der Waals surface area contributed by atoms with Crippen LogP contribution in [0.3, 0.4) is 0 Å². The van der Waals surface area contributed by atoms with Gasteiger partial charge in [-0.3, -0.25) is 23.5 Å². The Kier molecular flexibility index (Phi) is 4.21. The Bertz CT molecular complexity index is 919. The Morgan fingerprint density at radius 3 is 2.58 bits per heavy atom. The van der Waals surface area contributed by atoms with Gasteiger partial charge >= 0.3 is 11.7 Å². The van der Waals surface area contributed by atoms with Crippen LogP contribution in [0.1, 0.15) is 13.8 Å². The number of aromatic nitrogens is 2. The molecule has 1 aromatic rings. The van der Waals surface area contributed by atoms with Crippen LogP contribution in [0, 0.1) is 0 Å². The molecule has 0 unspecified atom stereocenters. The number of nitrogens with zero attached hydrogens (tertiary/aromatic N) is 3. The van der Waals surface area contributed by atoms with E-state index in [0.717, 1.165) is 15.2 Å². The van der Waals surface area contributed by atoms with Gasteiger partial charge in [0.25, 0.3) is 5.56 Å². The molecule has 0 bridgehead atoms. The van der Waals surface area contributed by atoms with Gasteiger partial charge in [-0.25, -0.2) is 9.59 Å². The largest absolute Gasteiger partial charge is 0.480 e. The van der Waals surface area contributed by atoms with Crippen molar-refractivity contribution in [2.24, 2.45) is 7.05 Å². The fraction of sp³-hybridized carbons (Fsp3) is 0.533. The molecule has 0 aromatic carbocycles. The predicted molar refractivity (Wildman–Crippen MR) is 91.6 cm³/mol. The first-order valence-corrected chi connectivity index (χ1v) is 8.71. The highest BCUT2D eigenvalue weighted by Crippen LogP contribution is 2.50. The highest BCUT2D eigenvalue weighted by atomic mass is 32.2. The number of carboxylic acids is 1. The van der Waals surface area contributed by atoms with Crippen molar-refractivity contribution in [3.63, 3.8) is 0 Å². The highest BCUT2D eigenvalue weighted by Gasteiger charge is 2.64. The van der Waals surface area contributed by atoms with Gasteiger partial charge in [0.05, 0.1) is 0 Å². The molecule has 26 heavy (non-hydrogen) atoms. The van der Waals surface area contributed by atoms with Gasteiger partial charge in [-0.1, -0.05) is 0 Å². The van der Waals surface area contributed by atoms with Gasteiger partial charge in [0, 0.05) is 24.1 Å². The molecule has 0 radical (unpaired) electrons. The second-order valence-electron chi connectivity index (χ2n) is 6.77. The third kappa shape index (κ3) is 2.71. The van der Waals surface area contributed by atoms with Gasteiger partial charge in [-0.05, 0) is 13.8 Å². The van der Waals surface area contributed by atoms with Gasteiger partial charge < -0.3 is 15.3 Å². The number of thioether (sulfide) groups is 1. The minimum absolute atomic E-state index is 0.347. The molecule has 3 heterocycles. The molecule has 0 aliphatic carbocycles. The number of carboxylic acid groups (broad SMARTS) is 1. The van der Waals surface area contributed by atoms with Gasteiger partial charge in [-0.15, -0.1) is 11.8 Å². The van der Waals surface area contributed by atoms with E-state index in [1.54, 1.807) is 13.8 Å². The molecule has 2 saturated heterocycles. The average Bonchev–Trinajstić information content (AvgIpc) is 2.81. The molecule has 2 amide bonds. The monoisotopic (exact) mass is 382 g/mol. The average molecular weight is 382 g/mol. The Morgan fingerprint density at radius 2 is 1.96 bits per heavy atom. The molecule has 2 aliphatic rings. The fourth-order valence-electron chi connectivity index (χ4n) is 3.26. The number of rotatable bonds is 4. The van der Waals surface area contributed by atoms with E-state index >= 15 is 0 Å². The van der Waals surface area contributed by atoms with E-state index in [0.29, 0.717) is 0 Å². The number of β-lactam (4-membered cyclic amide) rings is 1. The summed E-state index contributed by atoms with van der Waals surface area (Å²) in [5.41, 5.74) is -1.13. The molecule has 11 heteroatoms. The third-order valence-corrected chi connectivity index (χ3v) is 6.14. The number of hydrogen-bond acceptors (Lipinski definition) is 6. The molecule has 2 N–H and O–H groups in total. The van der Waals surface area contributed by atoms with Crippen molar-refractivity contribution in [2.45, 2.75) is 42.6 Å². The second-order valence-corrected chi connectivity index (χ2v) is 8.54. The quantitative estimate of drug-likeness (QED) is 0.586. The molecule has 3 rings (SSSR count). The number of carbonyl (C=O) groups excluding carboxylic acids is 2. The van der Waals surface area contributed by atoms with Crippen LogP contribution in [0.25, 0.3) is 0 Å². The normalized spacial score (nSPS) is 26.2. The van der Waals surface area contributed by atoms with E-state index in [2.05, 4.69) is 5.32 Å². The SMILES string of the molecule is Cn1c(=O)ccn(CC(=O)N[C@@H]2C(=O)N3[C@@H]2SC(C)(C)[C@@H]3C(=O)O)c1=O. The van der Waals surface area contributed by atoms with Crippen LogP contribution in [-0.4, -0.2) is 59.1 Å². The van der Waals surface area contributed by atoms with Crippen LogP contribution in [0.2, 0.25) is 0 Å². The van der Waals surface area contributed by atoms with Crippen LogP contribution < -0.4 is 16.6 Å². The van der Waals surface area contributed by atoms with Crippen LogP contribution in [0.5, 0.6) is 0 Å². The van der Waals surface area contributed by atoms with Crippen molar-refractivity contribution < 1.29 is 19.5 Å². The van der Waals surface area contributed by atoms with Crippen LogP contribution in [0.4, 0.5) is 0 Å². The Morgan fingerprint density at radius 1 is 1.31 bits per heavy atom. The number of fused-ring (bicyclic) bond motifs is 1. The third-order valence-electron chi connectivity index (χ3n) is 4.57. The lowest BCUT2D eigenvalue weighted by molar-refractivity contribution is -0.161. The fourth-order valence-corrected chi connectivity index (χ4v) is 4.88. The lowest BCUT2D eigenvalue weighted by Crippen LogP contribution is -2.70. The van der Waals surface area contributed by atoms with Crippen molar-refractivity contribution in [3.05, 3.63) is 33.1 Å². The summed E-state index contributed by atoms with van der Waals surface area (Å²) >= 11 is 1.32. The molecular weight excluding hydrogens is 364 g/mol. The van der Waals surface area contributed by atoms with E-state index in [9.17, 15) is 29.1 Å². The van der Waals surface area contributed by atoms with E-state index in [-0.39, 0.29) is 6.54 Å². The lowest BCUT2D eigenvalue weighted by atomic mass is 9.96. The summed E-state index contributed by atoms with van der Waals surface area (Å²) in [6, 6.07) is -0.624. The zero-order valence-electron chi connectivity index (χ0n) is 14.3. The maximum absolute atomic E-state index is 12.3. The first kappa shape index (κ1) is 18.2. The zero-order valence-corrected chi connectivity index (χ0v) is 15.1. The number of aliphatic carboxylic acids is 1. The summed E-state index contributed by atoms with van der Waals surface area (Å²) in [6.07, 6.45) is 1.22. The maximum atomic E-state index is 12.3.